The fourth-order valence-corrected chi connectivity index (χ4v) is 3.78. The number of piperazine rings is 1. The molecule has 2 amide bonds. The van der Waals surface area contributed by atoms with Gasteiger partial charge < -0.3 is 15.5 Å². The summed E-state index contributed by atoms with van der Waals surface area (Å²) in [6.07, 6.45) is 0.917. The van der Waals surface area contributed by atoms with Crippen LogP contribution in [0.25, 0.3) is 0 Å². The van der Waals surface area contributed by atoms with Gasteiger partial charge in [-0.25, -0.2) is 4.39 Å². The topological polar surface area (TPSA) is 61.4 Å². The molecule has 146 valence electrons. The smallest absolute Gasteiger partial charge is 0.254 e. The molecular weight excluding hydrogens is 357 g/mol. The zero-order valence-corrected chi connectivity index (χ0v) is 15.8. The Bertz CT molecular complexity index is 901. The van der Waals surface area contributed by atoms with Crippen LogP contribution in [0.5, 0.6) is 0 Å². The molecule has 1 saturated carbocycles. The molecule has 0 aromatic heterocycles. The number of benzene rings is 2. The first-order chi connectivity index (χ1) is 13.5. The maximum Gasteiger partial charge on any atom is 0.254 e. The minimum absolute atomic E-state index is 0.0110. The summed E-state index contributed by atoms with van der Waals surface area (Å²) in [5, 5.41) is 6.19. The zero-order valence-electron chi connectivity index (χ0n) is 15.8. The van der Waals surface area contributed by atoms with Crippen LogP contribution in [0.15, 0.2) is 48.5 Å². The van der Waals surface area contributed by atoms with Crippen LogP contribution in [-0.4, -0.2) is 36.3 Å². The van der Waals surface area contributed by atoms with E-state index in [2.05, 4.69) is 17.6 Å². The molecule has 1 saturated heterocycles. The molecule has 5 nitrogen and oxygen atoms in total. The van der Waals surface area contributed by atoms with Crippen molar-refractivity contribution < 1.29 is 14.0 Å². The van der Waals surface area contributed by atoms with Gasteiger partial charge in [0.2, 0.25) is 5.91 Å². The molecule has 2 aromatic carbocycles. The standard InChI is InChI=1S/C22H24FN3O2/c1-14-10-19(14)21(27)25-18-7-3-5-16(12-18)22(28)26-9-8-24-13-20(26)15-4-2-6-17(23)11-15/h2-7,11-12,14,19-20,24H,8-10,13H2,1H3,(H,25,27). The number of halogens is 1. The number of hydrogen-bond acceptors (Lipinski definition) is 3. The van der Waals surface area contributed by atoms with Crippen molar-refractivity contribution in [2.45, 2.75) is 19.4 Å². The SMILES string of the molecule is CC1CC1C(=O)Nc1cccc(C(=O)N2CCNCC2c2cccc(F)c2)c1. The van der Waals surface area contributed by atoms with Gasteiger partial charge in [0.1, 0.15) is 5.82 Å². The van der Waals surface area contributed by atoms with Crippen molar-refractivity contribution in [3.63, 3.8) is 0 Å². The van der Waals surface area contributed by atoms with Crippen molar-refractivity contribution in [1.29, 1.82) is 0 Å². The zero-order chi connectivity index (χ0) is 19.7. The Balaban J connectivity index is 1.53. The predicted molar refractivity (Wildman–Crippen MR) is 105 cm³/mol. The van der Waals surface area contributed by atoms with Crippen molar-refractivity contribution >= 4 is 17.5 Å². The summed E-state index contributed by atoms with van der Waals surface area (Å²) in [4.78, 5) is 27.2. The van der Waals surface area contributed by atoms with Crippen LogP contribution in [0, 0.1) is 17.7 Å². The van der Waals surface area contributed by atoms with Gasteiger partial charge in [0.05, 0.1) is 6.04 Å². The maximum absolute atomic E-state index is 13.7. The van der Waals surface area contributed by atoms with Gasteiger partial charge in [-0.3, -0.25) is 9.59 Å². The molecule has 1 aliphatic heterocycles. The molecule has 0 bridgehead atoms. The van der Waals surface area contributed by atoms with E-state index < -0.39 is 0 Å². The first kappa shape index (κ1) is 18.6. The molecule has 4 rings (SSSR count). The van der Waals surface area contributed by atoms with Gasteiger partial charge in [-0.2, -0.15) is 0 Å². The van der Waals surface area contributed by atoms with Crippen LogP contribution in [0.1, 0.15) is 35.3 Å². The monoisotopic (exact) mass is 381 g/mol. The van der Waals surface area contributed by atoms with E-state index in [1.807, 2.05) is 6.07 Å². The Morgan fingerprint density at radius 1 is 1.18 bits per heavy atom. The third-order valence-electron chi connectivity index (χ3n) is 5.56. The molecule has 2 aliphatic rings. The van der Waals surface area contributed by atoms with Gasteiger partial charge >= 0.3 is 0 Å². The van der Waals surface area contributed by atoms with E-state index in [9.17, 15) is 14.0 Å². The first-order valence-corrected chi connectivity index (χ1v) is 9.71. The highest BCUT2D eigenvalue weighted by atomic mass is 19.1. The molecule has 2 fully saturated rings. The summed E-state index contributed by atoms with van der Waals surface area (Å²) in [6, 6.07) is 13.2. The van der Waals surface area contributed by atoms with E-state index in [1.54, 1.807) is 35.2 Å². The van der Waals surface area contributed by atoms with Crippen molar-refractivity contribution in [3.8, 4) is 0 Å². The third-order valence-corrected chi connectivity index (χ3v) is 5.56. The molecule has 1 aliphatic carbocycles. The predicted octanol–water partition coefficient (Wildman–Crippen LogP) is 3.21. The van der Waals surface area contributed by atoms with Gasteiger partial charge in [0, 0.05) is 36.8 Å². The van der Waals surface area contributed by atoms with E-state index in [-0.39, 0.29) is 29.6 Å². The van der Waals surface area contributed by atoms with E-state index in [0.29, 0.717) is 36.8 Å². The van der Waals surface area contributed by atoms with Gasteiger partial charge in [-0.05, 0) is 48.2 Å². The lowest BCUT2D eigenvalue weighted by Gasteiger charge is -2.36. The normalized spacial score (nSPS) is 23.9. The lowest BCUT2D eigenvalue weighted by Crippen LogP contribution is -2.48. The number of nitrogens with one attached hydrogen (secondary N) is 2. The largest absolute Gasteiger partial charge is 0.329 e. The van der Waals surface area contributed by atoms with Crippen molar-refractivity contribution in [2.75, 3.05) is 25.0 Å². The highest BCUT2D eigenvalue weighted by molar-refractivity contribution is 5.98. The number of hydrogen-bond donors (Lipinski definition) is 2. The van der Waals surface area contributed by atoms with Crippen molar-refractivity contribution in [1.82, 2.24) is 10.2 Å². The van der Waals surface area contributed by atoms with E-state index in [4.69, 9.17) is 0 Å². The molecule has 2 N–H and O–H groups in total. The quantitative estimate of drug-likeness (QED) is 0.855. The highest BCUT2D eigenvalue weighted by Crippen LogP contribution is 2.38. The number of nitrogens with zero attached hydrogens (tertiary/aromatic N) is 1. The molecule has 0 radical (unpaired) electrons. The summed E-state index contributed by atoms with van der Waals surface area (Å²) >= 11 is 0. The number of carbonyl (C=O) groups excluding carboxylic acids is 2. The summed E-state index contributed by atoms with van der Waals surface area (Å²) in [6.45, 7) is 3.86. The van der Waals surface area contributed by atoms with Gasteiger partial charge in [0.25, 0.3) is 5.91 Å². The molecule has 1 heterocycles. The van der Waals surface area contributed by atoms with Crippen LogP contribution in [0.3, 0.4) is 0 Å². The van der Waals surface area contributed by atoms with Crippen LogP contribution >= 0.6 is 0 Å². The Morgan fingerprint density at radius 2 is 1.96 bits per heavy atom. The third kappa shape index (κ3) is 3.92. The number of amides is 2. The molecular formula is C22H24FN3O2. The lowest BCUT2D eigenvalue weighted by molar-refractivity contribution is -0.117. The average molecular weight is 381 g/mol. The van der Waals surface area contributed by atoms with E-state index in [0.717, 1.165) is 12.0 Å². The summed E-state index contributed by atoms with van der Waals surface area (Å²) in [5.41, 5.74) is 1.92. The second-order valence-electron chi connectivity index (χ2n) is 7.66. The number of anilines is 1. The fraction of sp³-hybridized carbons (Fsp3) is 0.364. The van der Waals surface area contributed by atoms with Gasteiger partial charge in [-0.15, -0.1) is 0 Å². The Hall–Kier alpha value is -2.73. The molecule has 3 unspecified atom stereocenters. The lowest BCUT2D eigenvalue weighted by atomic mass is 10.0. The minimum Gasteiger partial charge on any atom is -0.329 e. The second kappa shape index (κ2) is 7.72. The number of carbonyl (C=O) groups is 2. The van der Waals surface area contributed by atoms with Gasteiger partial charge in [0.15, 0.2) is 0 Å². The van der Waals surface area contributed by atoms with Crippen molar-refractivity contribution in [3.05, 3.63) is 65.5 Å². The highest BCUT2D eigenvalue weighted by Gasteiger charge is 2.39. The number of rotatable bonds is 4. The van der Waals surface area contributed by atoms with Gasteiger partial charge in [-0.1, -0.05) is 25.1 Å². The fourth-order valence-electron chi connectivity index (χ4n) is 3.78. The Kier molecular flexibility index (Phi) is 5.13. The average Bonchev–Trinajstić information content (AvgIpc) is 3.44. The summed E-state index contributed by atoms with van der Waals surface area (Å²) in [5.74, 6) is 0.0839. The van der Waals surface area contributed by atoms with Crippen LogP contribution < -0.4 is 10.6 Å². The van der Waals surface area contributed by atoms with Crippen LogP contribution in [-0.2, 0) is 4.79 Å². The Morgan fingerprint density at radius 3 is 2.71 bits per heavy atom. The first-order valence-electron chi connectivity index (χ1n) is 9.71. The van der Waals surface area contributed by atoms with Crippen molar-refractivity contribution in [2.24, 2.45) is 11.8 Å². The maximum atomic E-state index is 13.7. The van der Waals surface area contributed by atoms with Crippen LogP contribution in [0.2, 0.25) is 0 Å². The summed E-state index contributed by atoms with van der Waals surface area (Å²) in [7, 11) is 0. The molecule has 3 atom stereocenters. The van der Waals surface area contributed by atoms with E-state index >= 15 is 0 Å². The van der Waals surface area contributed by atoms with Crippen LogP contribution in [0.4, 0.5) is 10.1 Å². The molecule has 6 heteroatoms. The Labute approximate surface area is 163 Å². The molecule has 2 aromatic rings. The molecule has 28 heavy (non-hydrogen) atoms. The molecule has 0 spiro atoms. The minimum atomic E-state index is -0.311. The second-order valence-corrected chi connectivity index (χ2v) is 7.66. The summed E-state index contributed by atoms with van der Waals surface area (Å²) < 4.78 is 13.7. The van der Waals surface area contributed by atoms with E-state index in [1.165, 1.54) is 12.1 Å².